The van der Waals surface area contributed by atoms with Gasteiger partial charge in [-0.05, 0) is 12.8 Å². The minimum Gasteiger partial charge on any atom is -0.381 e. The highest BCUT2D eigenvalue weighted by Crippen LogP contribution is 2.15. The Bertz CT molecular complexity index is 345. The predicted molar refractivity (Wildman–Crippen MR) is 186 cm³/mol. The summed E-state index contributed by atoms with van der Waals surface area (Å²) < 4.78 is 5.87. The molecule has 0 saturated carbocycles. The molecule has 0 bridgehead atoms. The van der Waals surface area contributed by atoms with E-state index in [4.69, 9.17) is 4.74 Å². The van der Waals surface area contributed by atoms with Crippen LogP contribution in [0.1, 0.15) is 240 Å². The molecule has 0 N–H and O–H groups in total. The van der Waals surface area contributed by atoms with E-state index in [9.17, 15) is 0 Å². The average Bonchev–Trinajstić information content (AvgIpc) is 2.96. The molecule has 1 nitrogen and oxygen atoms in total. The Hall–Kier alpha value is -0.0400. The van der Waals surface area contributed by atoms with Crippen LogP contribution >= 0.6 is 0 Å². The molecule has 1 heteroatoms. The number of unbranched alkanes of at least 4 members (excludes halogenated alkanes) is 30. The molecule has 0 fully saturated rings. The zero-order valence-electron chi connectivity index (χ0n) is 29.2. The molecule has 0 aliphatic carbocycles. The lowest BCUT2D eigenvalue weighted by Crippen LogP contribution is -1.97. The van der Waals surface area contributed by atoms with Gasteiger partial charge in [-0.3, -0.25) is 0 Å². The molecule has 0 rings (SSSR count). The molecule has 0 saturated heterocycles. The first-order valence-corrected chi connectivity index (χ1v) is 19.4. The van der Waals surface area contributed by atoms with Crippen molar-refractivity contribution in [1.29, 1.82) is 0 Å². The molecule has 0 atom stereocenters. The minimum absolute atomic E-state index is 0.997. The molecule has 0 aromatic heterocycles. The molecule has 0 amide bonds. The van der Waals surface area contributed by atoms with Gasteiger partial charge < -0.3 is 4.74 Å². The number of rotatable bonds is 34. The summed E-state index contributed by atoms with van der Waals surface area (Å²) >= 11 is 0. The topological polar surface area (TPSA) is 9.23 Å². The average molecular weight is 567 g/mol. The third kappa shape index (κ3) is 45.0. The van der Waals surface area contributed by atoms with Crippen LogP contribution in [0.15, 0.2) is 0 Å². The van der Waals surface area contributed by atoms with Gasteiger partial charge in [0.2, 0.25) is 0 Å². The summed E-state index contributed by atoms with van der Waals surface area (Å²) in [5.74, 6) is 0. The van der Waals surface area contributed by atoms with Crippen LogP contribution in [0.2, 0.25) is 0 Å². The van der Waals surface area contributed by atoms with E-state index in [2.05, 4.69) is 27.7 Å². The Kier molecular flexibility index (Phi) is 45.7. The summed E-state index contributed by atoms with van der Waals surface area (Å²) in [6.07, 6.45) is 47.3. The highest BCUT2D eigenvalue weighted by atomic mass is 16.5. The third-order valence-corrected chi connectivity index (χ3v) is 8.28. The standard InChI is InChI=1S/C36H74O.C3H8/c1-3-5-7-9-11-13-15-17-19-21-23-25-27-29-31-33-35-37-36-34-32-30-28-26-24-22-20-18-16-14-12-10-8-6-4-2;1-3-2/h3-36H2,1-2H3;3H2,1-2H3. The summed E-state index contributed by atoms with van der Waals surface area (Å²) in [7, 11) is 0. The maximum absolute atomic E-state index is 5.87. The van der Waals surface area contributed by atoms with E-state index in [1.54, 1.807) is 0 Å². The molecule has 0 heterocycles. The molecule has 0 radical (unpaired) electrons. The van der Waals surface area contributed by atoms with E-state index in [1.807, 2.05) is 0 Å². The fourth-order valence-corrected chi connectivity index (χ4v) is 5.61. The summed E-state index contributed by atoms with van der Waals surface area (Å²) in [6, 6.07) is 0. The van der Waals surface area contributed by atoms with E-state index in [0.717, 1.165) is 13.2 Å². The van der Waals surface area contributed by atoms with Crippen molar-refractivity contribution in [1.82, 2.24) is 0 Å². The van der Waals surface area contributed by atoms with Crippen molar-refractivity contribution in [3.63, 3.8) is 0 Å². The van der Waals surface area contributed by atoms with Gasteiger partial charge in [0.05, 0.1) is 0 Å². The van der Waals surface area contributed by atoms with E-state index < -0.39 is 0 Å². The lowest BCUT2D eigenvalue weighted by molar-refractivity contribution is 0.125. The maximum Gasteiger partial charge on any atom is 0.0466 e. The van der Waals surface area contributed by atoms with Gasteiger partial charge in [-0.2, -0.15) is 0 Å². The molecule has 0 aliphatic rings. The fraction of sp³-hybridized carbons (Fsp3) is 1.00. The Morgan fingerprint density at radius 2 is 0.375 bits per heavy atom. The van der Waals surface area contributed by atoms with Crippen LogP contribution in [0.3, 0.4) is 0 Å². The first kappa shape index (κ1) is 42.1. The van der Waals surface area contributed by atoms with Crippen molar-refractivity contribution in [3.8, 4) is 0 Å². The highest BCUT2D eigenvalue weighted by Gasteiger charge is 1.97. The number of ether oxygens (including phenoxy) is 1. The first-order chi connectivity index (χ1) is 19.8. The summed E-state index contributed by atoms with van der Waals surface area (Å²) in [6.45, 7) is 10.9. The predicted octanol–water partition coefficient (Wildman–Crippen LogP) is 14.9. The van der Waals surface area contributed by atoms with Crippen LogP contribution in [0.4, 0.5) is 0 Å². The van der Waals surface area contributed by atoms with E-state index in [-0.39, 0.29) is 0 Å². The molecule has 0 aromatic carbocycles. The smallest absolute Gasteiger partial charge is 0.0466 e. The van der Waals surface area contributed by atoms with Gasteiger partial charge in [-0.25, -0.2) is 0 Å². The fourth-order valence-electron chi connectivity index (χ4n) is 5.61. The van der Waals surface area contributed by atoms with E-state index >= 15 is 0 Å². The van der Waals surface area contributed by atoms with Gasteiger partial charge in [0.15, 0.2) is 0 Å². The SMILES string of the molecule is CCC.CCCCCCCCCCCCCCCCCCOCCCCCCCCCCCCCCCCCC. The second-order valence-electron chi connectivity index (χ2n) is 12.9. The van der Waals surface area contributed by atoms with Gasteiger partial charge >= 0.3 is 0 Å². The molecular weight excluding hydrogens is 484 g/mol. The number of hydrogen-bond donors (Lipinski definition) is 0. The van der Waals surface area contributed by atoms with Gasteiger partial charge in [-0.1, -0.05) is 227 Å². The zero-order chi connectivity index (χ0) is 29.5. The quantitative estimate of drug-likeness (QED) is 0.0704. The number of hydrogen-bond acceptors (Lipinski definition) is 1. The molecule has 0 aromatic rings. The molecule has 40 heavy (non-hydrogen) atoms. The summed E-state index contributed by atoms with van der Waals surface area (Å²) in [5, 5.41) is 0. The molecular formula is C39H82O. The maximum atomic E-state index is 5.87. The van der Waals surface area contributed by atoms with Crippen molar-refractivity contribution in [2.24, 2.45) is 0 Å². The van der Waals surface area contributed by atoms with Crippen LogP contribution in [0, 0.1) is 0 Å². The molecule has 0 unspecified atom stereocenters. The van der Waals surface area contributed by atoms with E-state index in [0.29, 0.717) is 0 Å². The van der Waals surface area contributed by atoms with Gasteiger partial charge in [0, 0.05) is 13.2 Å². The van der Waals surface area contributed by atoms with E-state index in [1.165, 1.54) is 212 Å². The summed E-state index contributed by atoms with van der Waals surface area (Å²) in [5.41, 5.74) is 0. The second-order valence-corrected chi connectivity index (χ2v) is 12.9. The van der Waals surface area contributed by atoms with Crippen LogP contribution < -0.4 is 0 Å². The summed E-state index contributed by atoms with van der Waals surface area (Å²) in [4.78, 5) is 0. The van der Waals surface area contributed by atoms with Crippen molar-refractivity contribution in [3.05, 3.63) is 0 Å². The van der Waals surface area contributed by atoms with Crippen molar-refractivity contribution in [2.45, 2.75) is 240 Å². The Morgan fingerprint density at radius 1 is 0.225 bits per heavy atom. The lowest BCUT2D eigenvalue weighted by atomic mass is 10.0. The van der Waals surface area contributed by atoms with Crippen LogP contribution in [-0.4, -0.2) is 13.2 Å². The molecule has 0 spiro atoms. The first-order valence-electron chi connectivity index (χ1n) is 19.4. The van der Waals surface area contributed by atoms with Gasteiger partial charge in [0.1, 0.15) is 0 Å². The van der Waals surface area contributed by atoms with Gasteiger partial charge in [0.25, 0.3) is 0 Å². The Morgan fingerprint density at radius 3 is 0.550 bits per heavy atom. The third-order valence-electron chi connectivity index (χ3n) is 8.28. The minimum atomic E-state index is 0.997. The van der Waals surface area contributed by atoms with Gasteiger partial charge in [-0.15, -0.1) is 0 Å². The van der Waals surface area contributed by atoms with Crippen LogP contribution in [-0.2, 0) is 4.74 Å². The highest BCUT2D eigenvalue weighted by molar-refractivity contribution is 4.52. The second kappa shape index (κ2) is 43.4. The van der Waals surface area contributed by atoms with Crippen molar-refractivity contribution < 1.29 is 4.74 Å². The Labute approximate surface area is 257 Å². The van der Waals surface area contributed by atoms with Crippen molar-refractivity contribution in [2.75, 3.05) is 13.2 Å². The zero-order valence-corrected chi connectivity index (χ0v) is 29.2. The normalized spacial score (nSPS) is 11.1. The lowest BCUT2D eigenvalue weighted by Gasteiger charge is -2.06. The molecule has 244 valence electrons. The Balaban J connectivity index is 0. The largest absolute Gasteiger partial charge is 0.381 e. The van der Waals surface area contributed by atoms with Crippen LogP contribution in [0.5, 0.6) is 0 Å². The molecule has 0 aliphatic heterocycles. The van der Waals surface area contributed by atoms with Crippen molar-refractivity contribution >= 4 is 0 Å². The monoisotopic (exact) mass is 567 g/mol. The van der Waals surface area contributed by atoms with Crippen LogP contribution in [0.25, 0.3) is 0 Å².